The van der Waals surface area contributed by atoms with Gasteiger partial charge in [-0.15, -0.1) is 11.3 Å². The average molecular weight is 504 g/mol. The summed E-state index contributed by atoms with van der Waals surface area (Å²) in [6.07, 6.45) is -9.76. The highest BCUT2D eigenvalue weighted by atomic mass is 32.1. The molecule has 1 amide bonds. The number of nitrogens with zero attached hydrogens (tertiary/aromatic N) is 4. The number of rotatable bonds is 4. The largest absolute Gasteiger partial charge is 0.465 e. The third kappa shape index (κ3) is 3.64. The highest BCUT2D eigenvalue weighted by Crippen LogP contribution is 2.46. The number of halogens is 5. The predicted octanol–water partition coefficient (Wildman–Crippen LogP) is 4.60. The molecule has 182 valence electrons. The van der Waals surface area contributed by atoms with Crippen LogP contribution in [-0.4, -0.2) is 62.8 Å². The Morgan fingerprint density at radius 3 is 2.44 bits per heavy atom. The van der Waals surface area contributed by atoms with Gasteiger partial charge in [-0.05, 0) is 18.9 Å². The van der Waals surface area contributed by atoms with E-state index in [0.29, 0.717) is 12.8 Å². The van der Waals surface area contributed by atoms with Crippen LogP contribution in [0.1, 0.15) is 30.1 Å². The van der Waals surface area contributed by atoms with E-state index in [4.69, 9.17) is 4.42 Å². The molecule has 2 bridgehead atoms. The van der Waals surface area contributed by atoms with E-state index < -0.39 is 41.4 Å². The van der Waals surface area contributed by atoms with Crippen LogP contribution in [0.25, 0.3) is 21.7 Å². The summed E-state index contributed by atoms with van der Waals surface area (Å²) in [5.74, 6) is 0. The fourth-order valence-corrected chi connectivity index (χ4v) is 5.43. The second kappa shape index (κ2) is 8.05. The van der Waals surface area contributed by atoms with Gasteiger partial charge in [0, 0.05) is 30.2 Å². The number of aliphatic hydroxyl groups is 1. The molecule has 2 saturated heterocycles. The van der Waals surface area contributed by atoms with Gasteiger partial charge in [-0.25, -0.2) is 18.6 Å². The first-order valence-corrected chi connectivity index (χ1v) is 11.1. The van der Waals surface area contributed by atoms with Gasteiger partial charge < -0.3 is 19.5 Å². The van der Waals surface area contributed by atoms with Gasteiger partial charge in [0.1, 0.15) is 16.6 Å². The van der Waals surface area contributed by atoms with E-state index in [0.717, 1.165) is 17.4 Å². The maximum absolute atomic E-state index is 14.1. The number of hydrogen-bond donors (Lipinski definition) is 2. The SMILES string of the molecule is O=C(O)N1C2CCC1CN(c1nc3c(C(F)(F)F)c(C(O)C(F)F)cc(-c4nccs4)c3o1)C2. The smallest absolute Gasteiger partial charge is 0.418 e. The van der Waals surface area contributed by atoms with Crippen LogP contribution >= 0.6 is 11.3 Å². The molecule has 3 atom stereocenters. The van der Waals surface area contributed by atoms with Crippen LogP contribution < -0.4 is 4.90 Å². The van der Waals surface area contributed by atoms with E-state index in [1.165, 1.54) is 11.1 Å². The van der Waals surface area contributed by atoms with Crippen LogP contribution in [0.15, 0.2) is 22.1 Å². The van der Waals surface area contributed by atoms with Gasteiger partial charge in [-0.2, -0.15) is 18.2 Å². The number of carbonyl (C=O) groups is 1. The predicted molar refractivity (Wildman–Crippen MR) is 110 cm³/mol. The summed E-state index contributed by atoms with van der Waals surface area (Å²) in [4.78, 5) is 22.5. The van der Waals surface area contributed by atoms with Crippen molar-refractivity contribution in [1.29, 1.82) is 0 Å². The molecule has 2 aromatic heterocycles. The first kappa shape index (κ1) is 22.8. The number of piperazine rings is 1. The molecule has 0 aliphatic carbocycles. The minimum Gasteiger partial charge on any atom is -0.465 e. The van der Waals surface area contributed by atoms with Crippen LogP contribution in [0, 0.1) is 0 Å². The molecule has 3 aromatic rings. The van der Waals surface area contributed by atoms with Crippen LogP contribution in [0.3, 0.4) is 0 Å². The summed E-state index contributed by atoms with van der Waals surface area (Å²) in [5, 5.41) is 21.1. The maximum Gasteiger partial charge on any atom is 0.418 e. The number of carboxylic acid groups (broad SMARTS) is 1. The first-order valence-electron chi connectivity index (χ1n) is 10.2. The summed E-state index contributed by atoms with van der Waals surface area (Å²) < 4.78 is 74.6. The molecule has 5 rings (SSSR count). The second-order valence-corrected chi connectivity index (χ2v) is 9.05. The van der Waals surface area contributed by atoms with Crippen molar-refractivity contribution in [2.24, 2.45) is 0 Å². The molecule has 14 heteroatoms. The molecule has 34 heavy (non-hydrogen) atoms. The Morgan fingerprint density at radius 2 is 1.91 bits per heavy atom. The van der Waals surface area contributed by atoms with Gasteiger partial charge in [0.2, 0.25) is 0 Å². The summed E-state index contributed by atoms with van der Waals surface area (Å²) in [6.45, 7) is 0.326. The van der Waals surface area contributed by atoms with Crippen molar-refractivity contribution in [3.8, 4) is 10.6 Å². The highest BCUT2D eigenvalue weighted by Gasteiger charge is 2.45. The zero-order valence-electron chi connectivity index (χ0n) is 17.2. The number of anilines is 1. The lowest BCUT2D eigenvalue weighted by Crippen LogP contribution is -2.55. The molecule has 3 unspecified atom stereocenters. The van der Waals surface area contributed by atoms with E-state index >= 15 is 0 Å². The molecule has 2 N–H and O–H groups in total. The Hall–Kier alpha value is -3.00. The Bertz CT molecular complexity index is 1220. The Labute approximate surface area is 192 Å². The van der Waals surface area contributed by atoms with Gasteiger partial charge in [0.25, 0.3) is 12.4 Å². The number of aromatic nitrogens is 2. The van der Waals surface area contributed by atoms with Crippen molar-refractivity contribution in [2.45, 2.75) is 43.6 Å². The minimum absolute atomic E-state index is 0.00130. The normalized spacial score (nSPS) is 21.6. The molecule has 4 heterocycles. The lowest BCUT2D eigenvalue weighted by atomic mass is 9.97. The molecule has 2 aliphatic heterocycles. The number of benzene rings is 1. The number of thiazole rings is 1. The van der Waals surface area contributed by atoms with Gasteiger partial charge in [0.15, 0.2) is 5.58 Å². The van der Waals surface area contributed by atoms with Crippen LogP contribution in [0.4, 0.5) is 32.8 Å². The van der Waals surface area contributed by atoms with Crippen LogP contribution in [0.2, 0.25) is 0 Å². The van der Waals surface area contributed by atoms with Crippen molar-refractivity contribution in [3.05, 3.63) is 28.8 Å². The number of fused-ring (bicyclic) bond motifs is 3. The summed E-state index contributed by atoms with van der Waals surface area (Å²) in [6, 6.07) is -0.100. The number of aliphatic hydroxyl groups excluding tert-OH is 1. The number of amides is 1. The molecule has 1 aromatic carbocycles. The summed E-state index contributed by atoms with van der Waals surface area (Å²) in [5.41, 5.74) is -3.53. The molecule has 8 nitrogen and oxygen atoms in total. The van der Waals surface area contributed by atoms with Gasteiger partial charge >= 0.3 is 12.3 Å². The zero-order valence-corrected chi connectivity index (χ0v) is 18.0. The monoisotopic (exact) mass is 504 g/mol. The Balaban J connectivity index is 1.69. The van der Waals surface area contributed by atoms with Crippen molar-refractivity contribution in [2.75, 3.05) is 18.0 Å². The molecular formula is C20H17F5N4O4S. The lowest BCUT2D eigenvalue weighted by Gasteiger charge is -2.38. The molecule has 0 saturated carbocycles. The molecule has 2 fully saturated rings. The van der Waals surface area contributed by atoms with Crippen molar-refractivity contribution >= 4 is 34.5 Å². The fourth-order valence-electron chi connectivity index (χ4n) is 4.78. The first-order chi connectivity index (χ1) is 16.1. The maximum atomic E-state index is 14.1. The third-order valence-electron chi connectivity index (χ3n) is 6.16. The minimum atomic E-state index is -5.11. The number of alkyl halides is 5. The number of hydrogen-bond acceptors (Lipinski definition) is 7. The van der Waals surface area contributed by atoms with E-state index in [2.05, 4.69) is 9.97 Å². The van der Waals surface area contributed by atoms with Crippen LogP contribution in [-0.2, 0) is 6.18 Å². The van der Waals surface area contributed by atoms with Crippen molar-refractivity contribution in [1.82, 2.24) is 14.9 Å². The van der Waals surface area contributed by atoms with Gasteiger partial charge in [0.05, 0.1) is 23.2 Å². The van der Waals surface area contributed by atoms with E-state index in [9.17, 15) is 37.0 Å². The highest BCUT2D eigenvalue weighted by molar-refractivity contribution is 7.13. The molecular weight excluding hydrogens is 487 g/mol. The molecule has 0 radical (unpaired) electrons. The Morgan fingerprint density at radius 1 is 1.24 bits per heavy atom. The second-order valence-electron chi connectivity index (χ2n) is 8.16. The standard InChI is InChI=1S/C20H17F5N4O4S/c21-16(22)14(30)10-5-11(17-26-3-4-34-17)15-13(12(10)20(23,24)25)27-18(33-15)28-6-8-1-2-9(7-28)29(8)19(31)32/h3-5,8-9,14,16,30H,1-2,6-7H2,(H,31,32). The van der Waals surface area contributed by atoms with Crippen molar-refractivity contribution < 1.29 is 41.4 Å². The lowest BCUT2D eigenvalue weighted by molar-refractivity contribution is -0.139. The molecule has 0 spiro atoms. The number of oxazole rings is 1. The van der Waals surface area contributed by atoms with Crippen LogP contribution in [0.5, 0.6) is 0 Å². The average Bonchev–Trinajstić information content (AvgIpc) is 3.49. The van der Waals surface area contributed by atoms with E-state index in [-0.39, 0.29) is 47.3 Å². The van der Waals surface area contributed by atoms with E-state index in [1.807, 2.05) is 0 Å². The zero-order chi connectivity index (χ0) is 24.4. The van der Waals surface area contributed by atoms with Gasteiger partial charge in [-0.3, -0.25) is 4.90 Å². The van der Waals surface area contributed by atoms with E-state index in [1.54, 1.807) is 10.3 Å². The fraction of sp³-hybridized carbons (Fsp3) is 0.450. The topological polar surface area (TPSA) is 103 Å². The van der Waals surface area contributed by atoms with Gasteiger partial charge in [-0.1, -0.05) is 0 Å². The van der Waals surface area contributed by atoms with Crippen molar-refractivity contribution in [3.63, 3.8) is 0 Å². The summed E-state index contributed by atoms with van der Waals surface area (Å²) >= 11 is 1.06. The quantitative estimate of drug-likeness (QED) is 0.501. The summed E-state index contributed by atoms with van der Waals surface area (Å²) in [7, 11) is 0. The Kier molecular flexibility index (Phi) is 5.39. The molecule has 2 aliphatic rings. The third-order valence-corrected chi connectivity index (χ3v) is 6.97.